The molecule has 16 heavy (non-hydrogen) atoms. The minimum atomic E-state index is 0.218. The first-order valence-electron chi connectivity index (χ1n) is 5.91. The van der Waals surface area contributed by atoms with Crippen molar-refractivity contribution in [2.45, 2.75) is 32.6 Å². The highest BCUT2D eigenvalue weighted by atomic mass is 16.5. The van der Waals surface area contributed by atoms with E-state index in [4.69, 9.17) is 4.74 Å². The van der Waals surface area contributed by atoms with Crippen LogP contribution in [0.25, 0.3) is 0 Å². The predicted molar refractivity (Wildman–Crippen MR) is 64.0 cm³/mol. The molecule has 0 amide bonds. The smallest absolute Gasteiger partial charge is 0.169 e. The van der Waals surface area contributed by atoms with Crippen molar-refractivity contribution < 1.29 is 9.53 Å². The van der Waals surface area contributed by atoms with Crippen LogP contribution in [-0.2, 0) is 0 Å². The lowest BCUT2D eigenvalue weighted by atomic mass is 9.94. The normalized spacial score (nSPS) is 16.4. The van der Waals surface area contributed by atoms with E-state index in [0.717, 1.165) is 24.0 Å². The van der Waals surface area contributed by atoms with Gasteiger partial charge in [0, 0.05) is 5.92 Å². The summed E-state index contributed by atoms with van der Waals surface area (Å²) in [4.78, 5) is 12.3. The van der Waals surface area contributed by atoms with Gasteiger partial charge in [-0.1, -0.05) is 24.5 Å². The molecule has 0 aliphatic heterocycles. The fourth-order valence-corrected chi connectivity index (χ4v) is 2.42. The molecule has 86 valence electrons. The van der Waals surface area contributed by atoms with Crippen molar-refractivity contribution in [3.63, 3.8) is 0 Å². The zero-order valence-corrected chi connectivity index (χ0v) is 9.95. The number of carbonyl (C=O) groups is 1. The fraction of sp³-hybridized carbons (Fsp3) is 0.500. The van der Waals surface area contributed by atoms with Crippen LogP contribution < -0.4 is 4.74 Å². The van der Waals surface area contributed by atoms with E-state index >= 15 is 0 Å². The van der Waals surface area contributed by atoms with Gasteiger partial charge in [0.15, 0.2) is 5.78 Å². The molecule has 0 unspecified atom stereocenters. The van der Waals surface area contributed by atoms with Crippen molar-refractivity contribution in [2.24, 2.45) is 5.92 Å². The molecule has 0 saturated heterocycles. The van der Waals surface area contributed by atoms with Gasteiger partial charge in [0.25, 0.3) is 0 Å². The summed E-state index contributed by atoms with van der Waals surface area (Å²) in [7, 11) is 1.62. The van der Waals surface area contributed by atoms with E-state index in [0.29, 0.717) is 5.75 Å². The lowest BCUT2D eigenvalue weighted by molar-refractivity contribution is 0.0919. The van der Waals surface area contributed by atoms with E-state index in [9.17, 15) is 4.79 Å². The van der Waals surface area contributed by atoms with Crippen molar-refractivity contribution >= 4 is 5.78 Å². The first kappa shape index (κ1) is 11.2. The second kappa shape index (κ2) is 4.69. The molecular weight excluding hydrogens is 200 g/mol. The van der Waals surface area contributed by atoms with Crippen LogP contribution >= 0.6 is 0 Å². The van der Waals surface area contributed by atoms with Gasteiger partial charge in [0.1, 0.15) is 5.75 Å². The number of carbonyl (C=O) groups excluding carboxylic acids is 1. The Balaban J connectivity index is 2.30. The SMILES string of the molecule is COc1ccc(C)cc1C(=O)C1CCCC1. The lowest BCUT2D eigenvalue weighted by Crippen LogP contribution is -2.12. The van der Waals surface area contributed by atoms with Crippen LogP contribution in [0.1, 0.15) is 41.6 Å². The molecule has 1 aromatic carbocycles. The second-order valence-electron chi connectivity index (χ2n) is 4.55. The van der Waals surface area contributed by atoms with Crippen molar-refractivity contribution in [3.05, 3.63) is 29.3 Å². The largest absolute Gasteiger partial charge is 0.496 e. The molecule has 0 spiro atoms. The zero-order valence-electron chi connectivity index (χ0n) is 9.95. The molecule has 1 aromatic rings. The minimum absolute atomic E-state index is 0.218. The molecule has 0 atom stereocenters. The summed E-state index contributed by atoms with van der Waals surface area (Å²) in [5.74, 6) is 1.19. The van der Waals surface area contributed by atoms with Crippen molar-refractivity contribution in [3.8, 4) is 5.75 Å². The molecule has 0 bridgehead atoms. The second-order valence-corrected chi connectivity index (χ2v) is 4.55. The Bertz CT molecular complexity index is 390. The van der Waals surface area contributed by atoms with E-state index in [1.165, 1.54) is 12.8 Å². The Morgan fingerprint density at radius 3 is 2.62 bits per heavy atom. The minimum Gasteiger partial charge on any atom is -0.496 e. The number of rotatable bonds is 3. The molecule has 1 aliphatic carbocycles. The van der Waals surface area contributed by atoms with Crippen LogP contribution in [0.2, 0.25) is 0 Å². The Morgan fingerprint density at radius 2 is 2.00 bits per heavy atom. The average molecular weight is 218 g/mol. The number of methoxy groups -OCH3 is 1. The van der Waals surface area contributed by atoms with Gasteiger partial charge in [-0.05, 0) is 31.9 Å². The van der Waals surface area contributed by atoms with Gasteiger partial charge in [-0.2, -0.15) is 0 Å². The van der Waals surface area contributed by atoms with Crippen molar-refractivity contribution in [1.29, 1.82) is 0 Å². The summed E-state index contributed by atoms with van der Waals surface area (Å²) < 4.78 is 5.26. The third-order valence-electron chi connectivity index (χ3n) is 3.35. The monoisotopic (exact) mass is 218 g/mol. The maximum Gasteiger partial charge on any atom is 0.169 e. The highest BCUT2D eigenvalue weighted by Gasteiger charge is 2.25. The number of ketones is 1. The maximum absolute atomic E-state index is 12.3. The molecule has 2 nitrogen and oxygen atoms in total. The molecule has 0 heterocycles. The average Bonchev–Trinajstić information content (AvgIpc) is 2.81. The highest BCUT2D eigenvalue weighted by molar-refractivity contribution is 6.00. The number of Topliss-reactive ketones (excluding diaryl/α,β-unsaturated/α-hetero) is 1. The number of hydrogen-bond acceptors (Lipinski definition) is 2. The Kier molecular flexibility index (Phi) is 3.28. The number of aryl methyl sites for hydroxylation is 1. The van der Waals surface area contributed by atoms with Crippen LogP contribution in [0.5, 0.6) is 5.75 Å². The van der Waals surface area contributed by atoms with Gasteiger partial charge >= 0.3 is 0 Å². The number of hydrogen-bond donors (Lipinski definition) is 0. The van der Waals surface area contributed by atoms with Crippen LogP contribution in [0.3, 0.4) is 0 Å². The van der Waals surface area contributed by atoms with Gasteiger partial charge in [-0.25, -0.2) is 0 Å². The van der Waals surface area contributed by atoms with Crippen LogP contribution in [-0.4, -0.2) is 12.9 Å². The molecular formula is C14H18O2. The molecule has 1 saturated carbocycles. The lowest BCUT2D eigenvalue weighted by Gasteiger charge is -2.12. The summed E-state index contributed by atoms with van der Waals surface area (Å²) in [6.45, 7) is 2.00. The summed E-state index contributed by atoms with van der Waals surface area (Å²) >= 11 is 0. The molecule has 2 rings (SSSR count). The third-order valence-corrected chi connectivity index (χ3v) is 3.35. The third kappa shape index (κ3) is 2.11. The fourth-order valence-electron chi connectivity index (χ4n) is 2.42. The Morgan fingerprint density at radius 1 is 1.31 bits per heavy atom. The van der Waals surface area contributed by atoms with Gasteiger partial charge in [-0.3, -0.25) is 4.79 Å². The Labute approximate surface area is 96.6 Å². The van der Waals surface area contributed by atoms with E-state index in [-0.39, 0.29) is 11.7 Å². The molecule has 1 fully saturated rings. The molecule has 2 heteroatoms. The van der Waals surface area contributed by atoms with E-state index < -0.39 is 0 Å². The maximum atomic E-state index is 12.3. The van der Waals surface area contributed by atoms with E-state index in [1.807, 2.05) is 25.1 Å². The zero-order chi connectivity index (χ0) is 11.5. The van der Waals surface area contributed by atoms with Crippen LogP contribution in [0, 0.1) is 12.8 Å². The van der Waals surface area contributed by atoms with E-state index in [1.54, 1.807) is 7.11 Å². The number of ether oxygens (including phenoxy) is 1. The van der Waals surface area contributed by atoms with Crippen LogP contribution in [0.15, 0.2) is 18.2 Å². The first-order valence-corrected chi connectivity index (χ1v) is 5.91. The first-order chi connectivity index (χ1) is 7.72. The Hall–Kier alpha value is -1.31. The summed E-state index contributed by atoms with van der Waals surface area (Å²) in [5.41, 5.74) is 1.87. The molecule has 0 N–H and O–H groups in total. The summed E-state index contributed by atoms with van der Waals surface area (Å²) in [5, 5.41) is 0. The number of benzene rings is 1. The standard InChI is InChI=1S/C14H18O2/c1-10-7-8-13(16-2)12(9-10)14(15)11-5-3-4-6-11/h7-9,11H,3-6H2,1-2H3. The quantitative estimate of drug-likeness (QED) is 0.727. The topological polar surface area (TPSA) is 26.3 Å². The summed E-state index contributed by atoms with van der Waals surface area (Å²) in [6, 6.07) is 5.81. The van der Waals surface area contributed by atoms with Gasteiger partial charge < -0.3 is 4.74 Å². The van der Waals surface area contributed by atoms with E-state index in [2.05, 4.69) is 0 Å². The van der Waals surface area contributed by atoms with Crippen molar-refractivity contribution in [2.75, 3.05) is 7.11 Å². The highest BCUT2D eigenvalue weighted by Crippen LogP contribution is 2.31. The van der Waals surface area contributed by atoms with Crippen LogP contribution in [0.4, 0.5) is 0 Å². The summed E-state index contributed by atoms with van der Waals surface area (Å²) in [6.07, 6.45) is 4.45. The van der Waals surface area contributed by atoms with Gasteiger partial charge in [0.05, 0.1) is 12.7 Å². The molecule has 0 aromatic heterocycles. The van der Waals surface area contributed by atoms with Crippen molar-refractivity contribution in [1.82, 2.24) is 0 Å². The predicted octanol–water partition coefficient (Wildman–Crippen LogP) is 3.38. The molecule has 1 aliphatic rings. The van der Waals surface area contributed by atoms with Gasteiger partial charge in [-0.15, -0.1) is 0 Å². The molecule has 0 radical (unpaired) electrons. The van der Waals surface area contributed by atoms with Gasteiger partial charge in [0.2, 0.25) is 0 Å².